The topological polar surface area (TPSA) is 45.2 Å². The summed E-state index contributed by atoms with van der Waals surface area (Å²) in [6.45, 7) is 5.02. The van der Waals surface area contributed by atoms with Crippen molar-refractivity contribution >= 4 is 30.7 Å². The molecule has 0 radical (unpaired) electrons. The minimum atomic E-state index is 0. The first-order valence-corrected chi connectivity index (χ1v) is 7.50. The van der Waals surface area contributed by atoms with Gasteiger partial charge in [0.25, 0.3) is 0 Å². The van der Waals surface area contributed by atoms with Gasteiger partial charge in [-0.05, 0) is 49.4 Å². The van der Waals surface area contributed by atoms with Crippen LogP contribution >= 0.6 is 24.8 Å². The number of amides is 1. The highest BCUT2D eigenvalue weighted by atomic mass is 35.5. The van der Waals surface area contributed by atoms with Gasteiger partial charge in [-0.2, -0.15) is 0 Å². The van der Waals surface area contributed by atoms with Crippen LogP contribution in [0, 0.1) is 11.8 Å². The SMILES string of the molecule is CC(CC(=O)N(C)Cc1cccnc1)C1CCCNC1.Cl.Cl. The third kappa shape index (κ3) is 6.51. The van der Waals surface area contributed by atoms with E-state index in [1.807, 2.05) is 30.3 Å². The monoisotopic (exact) mass is 347 g/mol. The quantitative estimate of drug-likeness (QED) is 0.890. The average Bonchev–Trinajstić information content (AvgIpc) is 2.49. The van der Waals surface area contributed by atoms with Crippen LogP contribution in [-0.2, 0) is 11.3 Å². The Bertz CT molecular complexity index is 425. The molecule has 22 heavy (non-hydrogen) atoms. The van der Waals surface area contributed by atoms with Crippen molar-refractivity contribution in [2.24, 2.45) is 11.8 Å². The lowest BCUT2D eigenvalue weighted by Crippen LogP contribution is -2.36. The molecule has 0 bridgehead atoms. The summed E-state index contributed by atoms with van der Waals surface area (Å²) in [5.74, 6) is 1.32. The van der Waals surface area contributed by atoms with Gasteiger partial charge in [0.05, 0.1) is 0 Å². The van der Waals surface area contributed by atoms with Gasteiger partial charge in [-0.25, -0.2) is 0 Å². The van der Waals surface area contributed by atoms with Crippen molar-refractivity contribution in [2.45, 2.75) is 32.7 Å². The zero-order valence-corrected chi connectivity index (χ0v) is 15.0. The van der Waals surface area contributed by atoms with Crippen LogP contribution in [0.5, 0.6) is 0 Å². The standard InChI is InChI=1S/C16H25N3O.2ClH/c1-13(15-6-4-8-18-11-15)9-16(20)19(2)12-14-5-3-7-17-10-14;;/h3,5,7,10,13,15,18H,4,6,8-9,11-12H2,1-2H3;2*1H. The van der Waals surface area contributed by atoms with Gasteiger partial charge in [0.1, 0.15) is 0 Å². The smallest absolute Gasteiger partial charge is 0.222 e. The van der Waals surface area contributed by atoms with E-state index in [4.69, 9.17) is 0 Å². The molecular weight excluding hydrogens is 321 g/mol. The zero-order chi connectivity index (χ0) is 14.4. The molecule has 2 rings (SSSR count). The Morgan fingerprint density at radius 1 is 1.50 bits per heavy atom. The van der Waals surface area contributed by atoms with Crippen LogP contribution in [0.1, 0.15) is 31.7 Å². The molecule has 0 aliphatic carbocycles. The molecule has 0 saturated carbocycles. The van der Waals surface area contributed by atoms with Crippen LogP contribution in [0.2, 0.25) is 0 Å². The van der Waals surface area contributed by atoms with Crippen LogP contribution in [0.4, 0.5) is 0 Å². The van der Waals surface area contributed by atoms with E-state index in [0.29, 0.717) is 24.8 Å². The summed E-state index contributed by atoms with van der Waals surface area (Å²) in [5.41, 5.74) is 1.08. The largest absolute Gasteiger partial charge is 0.341 e. The minimum absolute atomic E-state index is 0. The number of pyridine rings is 1. The molecule has 0 aromatic carbocycles. The number of rotatable bonds is 5. The maximum absolute atomic E-state index is 12.3. The number of halogens is 2. The van der Waals surface area contributed by atoms with Crippen molar-refractivity contribution in [1.29, 1.82) is 0 Å². The van der Waals surface area contributed by atoms with Crippen LogP contribution in [0.25, 0.3) is 0 Å². The number of nitrogens with zero attached hydrogens (tertiary/aromatic N) is 2. The Hall–Kier alpha value is -0.840. The molecule has 1 saturated heterocycles. The second-order valence-electron chi connectivity index (χ2n) is 5.90. The van der Waals surface area contributed by atoms with E-state index in [0.717, 1.165) is 18.7 Å². The zero-order valence-electron chi connectivity index (χ0n) is 13.3. The van der Waals surface area contributed by atoms with Crippen molar-refractivity contribution in [1.82, 2.24) is 15.2 Å². The Kier molecular flexibility index (Phi) is 10.4. The van der Waals surface area contributed by atoms with E-state index in [9.17, 15) is 4.79 Å². The van der Waals surface area contributed by atoms with Crippen LogP contribution in [0.15, 0.2) is 24.5 Å². The third-order valence-electron chi connectivity index (χ3n) is 4.20. The first-order valence-electron chi connectivity index (χ1n) is 7.50. The molecule has 1 fully saturated rings. The van der Waals surface area contributed by atoms with Crippen LogP contribution < -0.4 is 5.32 Å². The lowest BCUT2D eigenvalue weighted by molar-refractivity contribution is -0.131. The van der Waals surface area contributed by atoms with Gasteiger partial charge in [0.15, 0.2) is 0 Å². The van der Waals surface area contributed by atoms with E-state index in [1.165, 1.54) is 12.8 Å². The molecule has 6 heteroatoms. The number of hydrogen-bond acceptors (Lipinski definition) is 3. The molecule has 1 N–H and O–H groups in total. The van der Waals surface area contributed by atoms with Crippen LogP contribution in [-0.4, -0.2) is 35.9 Å². The lowest BCUT2D eigenvalue weighted by Gasteiger charge is -2.29. The molecule has 1 aromatic heterocycles. The van der Waals surface area contributed by atoms with E-state index < -0.39 is 0 Å². The molecule has 1 aromatic rings. The summed E-state index contributed by atoms with van der Waals surface area (Å²) in [7, 11) is 1.88. The van der Waals surface area contributed by atoms with Crippen molar-refractivity contribution in [3.05, 3.63) is 30.1 Å². The molecule has 1 aliphatic rings. The fourth-order valence-electron chi connectivity index (χ4n) is 2.82. The van der Waals surface area contributed by atoms with Gasteiger partial charge in [0, 0.05) is 32.4 Å². The Labute approximate surface area is 145 Å². The van der Waals surface area contributed by atoms with Gasteiger partial charge in [-0.1, -0.05) is 13.0 Å². The second kappa shape index (κ2) is 10.8. The Morgan fingerprint density at radius 3 is 2.86 bits per heavy atom. The lowest BCUT2D eigenvalue weighted by atomic mass is 9.85. The molecular formula is C16H27Cl2N3O. The molecule has 0 spiro atoms. The van der Waals surface area contributed by atoms with Crippen molar-refractivity contribution in [3.63, 3.8) is 0 Å². The van der Waals surface area contributed by atoms with Gasteiger partial charge in [0.2, 0.25) is 5.91 Å². The first-order chi connectivity index (χ1) is 9.66. The molecule has 1 aliphatic heterocycles. The third-order valence-corrected chi connectivity index (χ3v) is 4.20. The highest BCUT2D eigenvalue weighted by Gasteiger charge is 2.23. The minimum Gasteiger partial charge on any atom is -0.341 e. The fraction of sp³-hybridized carbons (Fsp3) is 0.625. The summed E-state index contributed by atoms with van der Waals surface area (Å²) < 4.78 is 0. The first kappa shape index (κ1) is 21.2. The van der Waals surface area contributed by atoms with Gasteiger partial charge in [-0.3, -0.25) is 9.78 Å². The van der Waals surface area contributed by atoms with Crippen LogP contribution in [0.3, 0.4) is 0 Å². The van der Waals surface area contributed by atoms with E-state index in [1.54, 1.807) is 6.20 Å². The summed E-state index contributed by atoms with van der Waals surface area (Å²) in [4.78, 5) is 18.2. The van der Waals surface area contributed by atoms with Gasteiger partial charge in [-0.15, -0.1) is 24.8 Å². The number of carbonyl (C=O) groups excluding carboxylic acids is 1. The van der Waals surface area contributed by atoms with E-state index >= 15 is 0 Å². The van der Waals surface area contributed by atoms with E-state index in [-0.39, 0.29) is 30.7 Å². The van der Waals surface area contributed by atoms with Gasteiger partial charge < -0.3 is 10.2 Å². The number of piperidine rings is 1. The summed E-state index contributed by atoms with van der Waals surface area (Å²) in [5, 5.41) is 3.42. The van der Waals surface area contributed by atoms with Crippen molar-refractivity contribution in [2.75, 3.05) is 20.1 Å². The fourth-order valence-corrected chi connectivity index (χ4v) is 2.82. The molecule has 4 nitrogen and oxygen atoms in total. The maximum atomic E-state index is 12.3. The summed E-state index contributed by atoms with van der Waals surface area (Å²) >= 11 is 0. The predicted octanol–water partition coefficient (Wildman–Crippen LogP) is 2.91. The predicted molar refractivity (Wildman–Crippen MR) is 94.6 cm³/mol. The molecule has 2 heterocycles. The molecule has 2 atom stereocenters. The summed E-state index contributed by atoms with van der Waals surface area (Å²) in [6, 6.07) is 3.91. The molecule has 1 amide bonds. The number of carbonyl (C=O) groups is 1. The van der Waals surface area contributed by atoms with Crippen molar-refractivity contribution < 1.29 is 4.79 Å². The number of nitrogens with one attached hydrogen (secondary N) is 1. The van der Waals surface area contributed by atoms with Crippen molar-refractivity contribution in [3.8, 4) is 0 Å². The second-order valence-corrected chi connectivity index (χ2v) is 5.90. The molecule has 2 unspecified atom stereocenters. The average molecular weight is 348 g/mol. The Balaban J connectivity index is 0.00000220. The number of aromatic nitrogens is 1. The van der Waals surface area contributed by atoms with Gasteiger partial charge >= 0.3 is 0 Å². The normalized spacial score (nSPS) is 18.5. The highest BCUT2D eigenvalue weighted by molar-refractivity contribution is 5.85. The maximum Gasteiger partial charge on any atom is 0.222 e. The summed E-state index contributed by atoms with van der Waals surface area (Å²) in [6.07, 6.45) is 6.69. The van der Waals surface area contributed by atoms with E-state index in [2.05, 4.69) is 17.2 Å². The Morgan fingerprint density at radius 2 is 2.27 bits per heavy atom. The number of hydrogen-bond donors (Lipinski definition) is 1. The highest BCUT2D eigenvalue weighted by Crippen LogP contribution is 2.23. The molecule has 126 valence electrons.